The molecule has 3 amide bonds. The Labute approximate surface area is 147 Å². The quantitative estimate of drug-likeness (QED) is 0.717. The van der Waals surface area contributed by atoms with Gasteiger partial charge in [0.15, 0.2) is 0 Å². The van der Waals surface area contributed by atoms with Crippen LogP contribution in [0.1, 0.15) is 26.3 Å². The Kier molecular flexibility index (Phi) is 5.80. The van der Waals surface area contributed by atoms with Gasteiger partial charge in [-0.2, -0.15) is 5.10 Å². The highest BCUT2D eigenvalue weighted by molar-refractivity contribution is 5.89. The van der Waals surface area contributed by atoms with Gasteiger partial charge in [-0.05, 0) is 43.5 Å². The minimum absolute atomic E-state index is 0.254. The van der Waals surface area contributed by atoms with Crippen LogP contribution in [0.5, 0.6) is 0 Å². The largest absolute Gasteiger partial charge is 0.369 e. The van der Waals surface area contributed by atoms with Crippen LogP contribution in [0.15, 0.2) is 42.7 Å². The maximum Gasteiger partial charge on any atom is 0.319 e. The molecule has 1 unspecified atom stereocenters. The first-order valence-corrected chi connectivity index (χ1v) is 8.21. The molecule has 0 fully saturated rings. The van der Waals surface area contributed by atoms with Gasteiger partial charge in [0.1, 0.15) is 0 Å². The second-order valence-corrected chi connectivity index (χ2v) is 6.73. The van der Waals surface area contributed by atoms with Gasteiger partial charge < -0.3 is 16.4 Å². The van der Waals surface area contributed by atoms with Gasteiger partial charge in [0.05, 0.1) is 5.41 Å². The van der Waals surface area contributed by atoms with Gasteiger partial charge in [0, 0.05) is 31.2 Å². The summed E-state index contributed by atoms with van der Waals surface area (Å²) in [6, 6.07) is 8.70. The molecular formula is C18H25N5O2. The normalized spacial score (nSPS) is 12.4. The average Bonchev–Trinajstić information content (AvgIpc) is 3.06. The fraction of sp³-hybridized carbons (Fsp3) is 0.389. The predicted molar refractivity (Wildman–Crippen MR) is 97.1 cm³/mol. The van der Waals surface area contributed by atoms with Crippen LogP contribution >= 0.6 is 0 Å². The van der Waals surface area contributed by atoms with Gasteiger partial charge in [-0.1, -0.05) is 19.1 Å². The lowest BCUT2D eigenvalue weighted by molar-refractivity contribution is -0.122. The van der Waals surface area contributed by atoms with Crippen LogP contribution in [0.2, 0.25) is 0 Å². The summed E-state index contributed by atoms with van der Waals surface area (Å²) in [5, 5.41) is 9.76. The molecule has 1 heterocycles. The van der Waals surface area contributed by atoms with Crippen molar-refractivity contribution in [3.63, 3.8) is 0 Å². The molecule has 7 heteroatoms. The Morgan fingerprint density at radius 1 is 1.28 bits per heavy atom. The average molecular weight is 343 g/mol. The molecule has 0 aliphatic heterocycles. The lowest BCUT2D eigenvalue weighted by atomic mass is 9.84. The van der Waals surface area contributed by atoms with E-state index < -0.39 is 11.3 Å². The van der Waals surface area contributed by atoms with Crippen molar-refractivity contribution < 1.29 is 9.59 Å². The molecule has 1 aromatic heterocycles. The van der Waals surface area contributed by atoms with Crippen LogP contribution in [0.3, 0.4) is 0 Å². The Morgan fingerprint density at radius 2 is 1.96 bits per heavy atom. The number of primary amides is 1. The van der Waals surface area contributed by atoms with Crippen LogP contribution in [0.25, 0.3) is 0 Å². The number of anilines is 1. The van der Waals surface area contributed by atoms with Crippen molar-refractivity contribution in [2.24, 2.45) is 11.7 Å². The molecule has 2 rings (SSSR count). The van der Waals surface area contributed by atoms with Crippen molar-refractivity contribution in [3.8, 4) is 0 Å². The summed E-state index contributed by atoms with van der Waals surface area (Å²) in [6.07, 6.45) is 3.63. The number of carbonyl (C=O) groups is 2. The minimum Gasteiger partial charge on any atom is -0.369 e. The number of urea groups is 1. The molecule has 0 saturated carbocycles. The van der Waals surface area contributed by atoms with Crippen LogP contribution in [0.4, 0.5) is 10.5 Å². The summed E-state index contributed by atoms with van der Waals surface area (Å²) in [5.74, 6) is -0.137. The molecule has 2 aromatic rings. The first kappa shape index (κ1) is 18.5. The number of benzene rings is 1. The number of nitrogens with one attached hydrogen (secondary N) is 2. The molecule has 4 N–H and O–H groups in total. The fourth-order valence-electron chi connectivity index (χ4n) is 2.35. The number of hydrogen-bond acceptors (Lipinski definition) is 3. The van der Waals surface area contributed by atoms with E-state index in [0.717, 1.165) is 12.1 Å². The SMILES string of the molecule is CC(CNC(=O)Nc1ccc(C(C)(C)C(N)=O)cc1)Cn1cccn1. The van der Waals surface area contributed by atoms with Crippen molar-refractivity contribution in [2.75, 3.05) is 11.9 Å². The molecule has 0 radical (unpaired) electrons. The number of carbonyl (C=O) groups excluding carboxylic acids is 2. The minimum atomic E-state index is -0.747. The zero-order valence-electron chi connectivity index (χ0n) is 14.8. The van der Waals surface area contributed by atoms with E-state index in [0.29, 0.717) is 12.2 Å². The Hall–Kier alpha value is -2.83. The van der Waals surface area contributed by atoms with E-state index in [9.17, 15) is 9.59 Å². The molecule has 0 aliphatic rings. The van der Waals surface area contributed by atoms with E-state index in [4.69, 9.17) is 5.73 Å². The lowest BCUT2D eigenvalue weighted by Gasteiger charge is -2.21. The highest BCUT2D eigenvalue weighted by Crippen LogP contribution is 2.24. The smallest absolute Gasteiger partial charge is 0.319 e. The first-order chi connectivity index (χ1) is 11.8. The fourth-order valence-corrected chi connectivity index (χ4v) is 2.35. The molecule has 1 aromatic carbocycles. The summed E-state index contributed by atoms with van der Waals surface area (Å²) in [7, 11) is 0. The van der Waals surface area contributed by atoms with Crippen molar-refractivity contribution in [3.05, 3.63) is 48.3 Å². The molecule has 25 heavy (non-hydrogen) atoms. The van der Waals surface area contributed by atoms with E-state index >= 15 is 0 Å². The highest BCUT2D eigenvalue weighted by Gasteiger charge is 2.26. The number of nitrogens with zero attached hydrogens (tertiary/aromatic N) is 2. The zero-order valence-corrected chi connectivity index (χ0v) is 14.8. The maximum absolute atomic E-state index is 12.0. The molecule has 0 bridgehead atoms. The predicted octanol–water partition coefficient (Wildman–Crippen LogP) is 2.10. The van der Waals surface area contributed by atoms with Crippen molar-refractivity contribution in [2.45, 2.75) is 32.7 Å². The maximum atomic E-state index is 12.0. The number of aromatic nitrogens is 2. The van der Waals surface area contributed by atoms with Gasteiger partial charge in [-0.3, -0.25) is 9.48 Å². The first-order valence-electron chi connectivity index (χ1n) is 8.21. The second-order valence-electron chi connectivity index (χ2n) is 6.73. The van der Waals surface area contributed by atoms with E-state index in [1.807, 2.05) is 23.9 Å². The third-order valence-corrected chi connectivity index (χ3v) is 4.15. The zero-order chi connectivity index (χ0) is 18.4. The third-order valence-electron chi connectivity index (χ3n) is 4.15. The Balaban J connectivity index is 1.83. The van der Waals surface area contributed by atoms with E-state index in [1.165, 1.54) is 0 Å². The van der Waals surface area contributed by atoms with Gasteiger partial charge >= 0.3 is 6.03 Å². The Morgan fingerprint density at radius 3 is 2.52 bits per heavy atom. The van der Waals surface area contributed by atoms with Crippen LogP contribution in [-0.2, 0) is 16.8 Å². The van der Waals surface area contributed by atoms with E-state index in [2.05, 4.69) is 15.7 Å². The number of nitrogens with two attached hydrogens (primary N) is 1. The number of hydrogen-bond donors (Lipinski definition) is 3. The topological polar surface area (TPSA) is 102 Å². The van der Waals surface area contributed by atoms with E-state index in [-0.39, 0.29) is 11.9 Å². The standard InChI is InChI=1S/C18H25N5O2/c1-13(12-23-10-4-9-21-23)11-20-17(25)22-15-7-5-14(6-8-15)18(2,3)16(19)24/h4-10,13H,11-12H2,1-3H3,(H2,19,24)(H2,20,22,25). The van der Waals surface area contributed by atoms with Gasteiger partial charge in [-0.25, -0.2) is 4.79 Å². The molecule has 0 spiro atoms. The Bertz CT molecular complexity index is 708. The van der Waals surface area contributed by atoms with Crippen LogP contribution in [0, 0.1) is 5.92 Å². The van der Waals surface area contributed by atoms with Crippen LogP contribution < -0.4 is 16.4 Å². The molecule has 1 atom stereocenters. The van der Waals surface area contributed by atoms with Gasteiger partial charge in [0.2, 0.25) is 5.91 Å². The second kappa shape index (κ2) is 7.83. The third kappa shape index (κ3) is 5.07. The number of rotatable bonds is 7. The molecule has 0 aliphatic carbocycles. The van der Waals surface area contributed by atoms with Crippen molar-refractivity contribution in [1.82, 2.24) is 15.1 Å². The lowest BCUT2D eigenvalue weighted by Crippen LogP contribution is -2.35. The summed E-state index contributed by atoms with van der Waals surface area (Å²) in [5.41, 5.74) is 6.12. The number of amides is 3. The van der Waals surface area contributed by atoms with Gasteiger partial charge in [0.25, 0.3) is 0 Å². The summed E-state index contributed by atoms with van der Waals surface area (Å²) in [4.78, 5) is 23.5. The van der Waals surface area contributed by atoms with Crippen LogP contribution in [-0.4, -0.2) is 28.3 Å². The van der Waals surface area contributed by atoms with Crippen molar-refractivity contribution >= 4 is 17.6 Å². The monoisotopic (exact) mass is 343 g/mol. The van der Waals surface area contributed by atoms with E-state index in [1.54, 1.807) is 44.3 Å². The molecule has 7 nitrogen and oxygen atoms in total. The molecule has 0 saturated heterocycles. The molecular weight excluding hydrogens is 318 g/mol. The summed E-state index contributed by atoms with van der Waals surface area (Å²) >= 11 is 0. The summed E-state index contributed by atoms with van der Waals surface area (Å²) < 4.78 is 1.84. The van der Waals surface area contributed by atoms with Crippen molar-refractivity contribution in [1.29, 1.82) is 0 Å². The highest BCUT2D eigenvalue weighted by atomic mass is 16.2. The van der Waals surface area contributed by atoms with Gasteiger partial charge in [-0.15, -0.1) is 0 Å². The summed E-state index contributed by atoms with van der Waals surface area (Å²) in [6.45, 7) is 6.86. The molecule has 134 valence electrons.